The highest BCUT2D eigenvalue weighted by Gasteiger charge is 2.42. The number of alkyl carbamates (subject to hydrolysis) is 1. The second-order valence-electron chi connectivity index (χ2n) is 5.38. The summed E-state index contributed by atoms with van der Waals surface area (Å²) < 4.78 is 5.29. The van der Waals surface area contributed by atoms with Crippen molar-refractivity contribution in [2.24, 2.45) is 5.73 Å². The van der Waals surface area contributed by atoms with Crippen LogP contribution >= 0.6 is 0 Å². The lowest BCUT2D eigenvalue weighted by Gasteiger charge is -2.42. The maximum Gasteiger partial charge on any atom is 0.408 e. The second-order valence-corrected chi connectivity index (χ2v) is 5.38. The number of nitrogens with one attached hydrogen (secondary N) is 1. The fourth-order valence-electron chi connectivity index (χ4n) is 1.69. The van der Waals surface area contributed by atoms with Crippen LogP contribution in [0.15, 0.2) is 0 Å². The maximum absolute atomic E-state index is 11.4. The zero-order valence-corrected chi connectivity index (χ0v) is 9.39. The minimum atomic E-state index is -0.355. The average Bonchev–Trinajstić information content (AvgIpc) is 1.76. The molecule has 4 heteroatoms. The number of rotatable bonds is 1. The Morgan fingerprint density at radius 1 is 1.50 bits per heavy atom. The number of nitrogens with two attached hydrogens (primary N) is 1. The zero-order chi connectivity index (χ0) is 11.0. The van der Waals surface area contributed by atoms with Crippen molar-refractivity contribution >= 4 is 6.09 Å². The van der Waals surface area contributed by atoms with Crippen molar-refractivity contribution in [2.45, 2.75) is 57.7 Å². The van der Waals surface area contributed by atoms with Crippen molar-refractivity contribution < 1.29 is 9.53 Å². The van der Waals surface area contributed by atoms with Crippen molar-refractivity contribution in [3.05, 3.63) is 0 Å². The second kappa shape index (κ2) is 3.42. The predicted molar refractivity (Wildman–Crippen MR) is 55.0 cm³/mol. The molecule has 1 saturated carbocycles. The third-order valence-electron chi connectivity index (χ3n) is 2.20. The Kier molecular flexibility index (Phi) is 2.76. The first-order valence-electron chi connectivity index (χ1n) is 4.97. The van der Waals surface area contributed by atoms with Crippen molar-refractivity contribution in [2.75, 3.05) is 0 Å². The highest BCUT2D eigenvalue weighted by Crippen LogP contribution is 2.34. The summed E-state index contributed by atoms with van der Waals surface area (Å²) in [6.45, 7) is 7.67. The SMILES string of the molecule is CC(C)(C)NC(=O)OC1(C)CC(N)C1. The van der Waals surface area contributed by atoms with Crippen LogP contribution in [0.3, 0.4) is 0 Å². The third-order valence-corrected chi connectivity index (χ3v) is 2.20. The first kappa shape index (κ1) is 11.3. The lowest BCUT2D eigenvalue weighted by Crippen LogP contribution is -2.54. The first-order valence-corrected chi connectivity index (χ1v) is 4.97. The normalized spacial score (nSPS) is 31.9. The van der Waals surface area contributed by atoms with E-state index in [2.05, 4.69) is 5.32 Å². The predicted octanol–water partition coefficient (Wildman–Crippen LogP) is 1.39. The summed E-state index contributed by atoms with van der Waals surface area (Å²) >= 11 is 0. The number of hydrogen-bond donors (Lipinski definition) is 2. The molecule has 3 N–H and O–H groups in total. The van der Waals surface area contributed by atoms with Gasteiger partial charge in [-0.25, -0.2) is 4.79 Å². The summed E-state index contributed by atoms with van der Waals surface area (Å²) in [5, 5.41) is 2.76. The Bertz CT molecular complexity index is 227. The van der Waals surface area contributed by atoms with Gasteiger partial charge in [0.05, 0.1) is 0 Å². The molecule has 0 unspecified atom stereocenters. The molecule has 0 radical (unpaired) electrons. The molecule has 1 fully saturated rings. The van der Waals surface area contributed by atoms with E-state index in [9.17, 15) is 4.79 Å². The molecule has 82 valence electrons. The number of carbonyl (C=O) groups is 1. The number of ether oxygens (including phenoxy) is 1. The molecule has 0 bridgehead atoms. The Morgan fingerprint density at radius 2 is 2.00 bits per heavy atom. The molecule has 1 aliphatic rings. The van der Waals surface area contributed by atoms with Gasteiger partial charge < -0.3 is 15.8 Å². The van der Waals surface area contributed by atoms with Gasteiger partial charge in [0, 0.05) is 24.4 Å². The number of amides is 1. The quantitative estimate of drug-likeness (QED) is 0.672. The van der Waals surface area contributed by atoms with Gasteiger partial charge in [0.2, 0.25) is 0 Å². The van der Waals surface area contributed by atoms with E-state index < -0.39 is 0 Å². The van der Waals surface area contributed by atoms with Gasteiger partial charge in [-0.1, -0.05) is 0 Å². The van der Waals surface area contributed by atoms with Crippen LogP contribution in [-0.2, 0) is 4.74 Å². The number of carbonyl (C=O) groups excluding carboxylic acids is 1. The minimum Gasteiger partial charge on any atom is -0.443 e. The van der Waals surface area contributed by atoms with Crippen LogP contribution in [0.2, 0.25) is 0 Å². The van der Waals surface area contributed by atoms with Crippen molar-refractivity contribution in [1.82, 2.24) is 5.32 Å². The molecule has 0 aromatic carbocycles. The lowest BCUT2D eigenvalue weighted by molar-refractivity contribution is -0.0454. The van der Waals surface area contributed by atoms with Gasteiger partial charge in [0.15, 0.2) is 0 Å². The van der Waals surface area contributed by atoms with Gasteiger partial charge in [0.25, 0.3) is 0 Å². The molecule has 1 aliphatic carbocycles. The molecule has 14 heavy (non-hydrogen) atoms. The molecule has 1 amide bonds. The molecule has 0 spiro atoms. The Balaban J connectivity index is 2.35. The van der Waals surface area contributed by atoms with Crippen molar-refractivity contribution in [1.29, 1.82) is 0 Å². The molecule has 0 saturated heterocycles. The number of hydrogen-bond acceptors (Lipinski definition) is 3. The molecular weight excluding hydrogens is 180 g/mol. The summed E-state index contributed by atoms with van der Waals surface area (Å²) in [6, 6.07) is 0.183. The molecule has 0 aromatic rings. The first-order chi connectivity index (χ1) is 6.20. The van der Waals surface area contributed by atoms with Crippen LogP contribution in [0.25, 0.3) is 0 Å². The summed E-state index contributed by atoms with van der Waals surface area (Å²) in [5.74, 6) is 0. The Labute approximate surface area is 85.2 Å². The average molecular weight is 200 g/mol. The van der Waals surface area contributed by atoms with Crippen LogP contribution in [0.4, 0.5) is 4.79 Å². The van der Waals surface area contributed by atoms with Gasteiger partial charge in [-0.3, -0.25) is 0 Å². The molecule has 0 aromatic heterocycles. The minimum absolute atomic E-state index is 0.183. The fourth-order valence-corrected chi connectivity index (χ4v) is 1.69. The standard InChI is InChI=1S/C10H20N2O2/c1-9(2,3)12-8(13)14-10(4)5-7(11)6-10/h7H,5-6,11H2,1-4H3,(H,12,13). The highest BCUT2D eigenvalue weighted by atomic mass is 16.6. The van der Waals surface area contributed by atoms with E-state index in [1.165, 1.54) is 0 Å². The molecular formula is C10H20N2O2. The summed E-state index contributed by atoms with van der Waals surface area (Å²) in [5.41, 5.74) is 5.04. The van der Waals surface area contributed by atoms with Crippen molar-refractivity contribution in [3.8, 4) is 0 Å². The van der Waals surface area contributed by atoms with Gasteiger partial charge in [-0.15, -0.1) is 0 Å². The third kappa shape index (κ3) is 3.18. The van der Waals surface area contributed by atoms with Crippen LogP contribution in [0.5, 0.6) is 0 Å². The van der Waals surface area contributed by atoms with E-state index in [4.69, 9.17) is 10.5 Å². The van der Waals surface area contributed by atoms with Gasteiger partial charge in [0.1, 0.15) is 5.60 Å². The molecule has 4 nitrogen and oxygen atoms in total. The van der Waals surface area contributed by atoms with E-state index in [0.717, 1.165) is 12.8 Å². The van der Waals surface area contributed by atoms with E-state index in [-0.39, 0.29) is 23.3 Å². The monoisotopic (exact) mass is 200 g/mol. The van der Waals surface area contributed by atoms with Crippen LogP contribution in [0, 0.1) is 0 Å². The van der Waals surface area contributed by atoms with E-state index in [1.54, 1.807) is 0 Å². The summed E-state index contributed by atoms with van der Waals surface area (Å²) in [7, 11) is 0. The molecule has 0 heterocycles. The Morgan fingerprint density at radius 3 is 2.36 bits per heavy atom. The molecule has 0 aliphatic heterocycles. The highest BCUT2D eigenvalue weighted by molar-refractivity contribution is 5.68. The largest absolute Gasteiger partial charge is 0.443 e. The van der Waals surface area contributed by atoms with Gasteiger partial charge >= 0.3 is 6.09 Å². The lowest BCUT2D eigenvalue weighted by atomic mass is 9.77. The van der Waals surface area contributed by atoms with Crippen molar-refractivity contribution in [3.63, 3.8) is 0 Å². The molecule has 0 atom stereocenters. The summed E-state index contributed by atoms with van der Waals surface area (Å²) in [6.07, 6.45) is 1.15. The maximum atomic E-state index is 11.4. The van der Waals surface area contributed by atoms with Gasteiger partial charge in [-0.05, 0) is 27.7 Å². The molecule has 1 rings (SSSR count). The van der Waals surface area contributed by atoms with Crippen LogP contribution in [0.1, 0.15) is 40.5 Å². The van der Waals surface area contributed by atoms with Crippen LogP contribution in [-0.4, -0.2) is 23.3 Å². The fraction of sp³-hybridized carbons (Fsp3) is 0.900. The Hall–Kier alpha value is -0.770. The van der Waals surface area contributed by atoms with E-state index in [1.807, 2.05) is 27.7 Å². The zero-order valence-electron chi connectivity index (χ0n) is 9.39. The van der Waals surface area contributed by atoms with Crippen LogP contribution < -0.4 is 11.1 Å². The van der Waals surface area contributed by atoms with E-state index >= 15 is 0 Å². The van der Waals surface area contributed by atoms with E-state index in [0.29, 0.717) is 0 Å². The topological polar surface area (TPSA) is 64.3 Å². The smallest absolute Gasteiger partial charge is 0.408 e. The van der Waals surface area contributed by atoms with Gasteiger partial charge in [-0.2, -0.15) is 0 Å². The summed E-state index contributed by atoms with van der Waals surface area (Å²) in [4.78, 5) is 11.4.